The molecular formula is C16H25O. The Morgan fingerprint density at radius 1 is 1.18 bits per heavy atom. The van der Waals surface area contributed by atoms with Gasteiger partial charge in [-0.1, -0.05) is 63.4 Å². The van der Waals surface area contributed by atoms with Crippen LogP contribution in [0.3, 0.4) is 0 Å². The summed E-state index contributed by atoms with van der Waals surface area (Å²) >= 11 is 0. The Labute approximate surface area is 106 Å². The van der Waals surface area contributed by atoms with Crippen LogP contribution in [0.25, 0.3) is 0 Å². The standard InChI is InChI=1S/C16H25O/c1-3-5-9-13-17-14-16(10-4-2)15-11-7-6-8-12-15/h6-8,11-12,16H,1,3-5,9-10,13-14H2,2H3. The van der Waals surface area contributed by atoms with Crippen LogP contribution in [0.1, 0.15) is 50.5 Å². The fraction of sp³-hybridized carbons (Fsp3) is 0.562. The maximum absolute atomic E-state index is 5.78. The van der Waals surface area contributed by atoms with Crippen LogP contribution < -0.4 is 0 Å². The van der Waals surface area contributed by atoms with Gasteiger partial charge < -0.3 is 4.74 Å². The van der Waals surface area contributed by atoms with E-state index < -0.39 is 0 Å². The summed E-state index contributed by atoms with van der Waals surface area (Å²) in [5.74, 6) is 0.556. The fourth-order valence-electron chi connectivity index (χ4n) is 2.03. The third-order valence-electron chi connectivity index (χ3n) is 3.02. The Balaban J connectivity index is 2.33. The quantitative estimate of drug-likeness (QED) is 0.567. The molecule has 1 unspecified atom stereocenters. The topological polar surface area (TPSA) is 9.23 Å². The summed E-state index contributed by atoms with van der Waals surface area (Å²) in [7, 11) is 0. The van der Waals surface area contributed by atoms with E-state index in [1.54, 1.807) is 0 Å². The van der Waals surface area contributed by atoms with Gasteiger partial charge in [0.25, 0.3) is 0 Å². The molecule has 0 saturated carbocycles. The average molecular weight is 233 g/mol. The molecule has 1 rings (SSSR count). The molecule has 0 aliphatic rings. The number of hydrogen-bond donors (Lipinski definition) is 0. The van der Waals surface area contributed by atoms with E-state index in [-0.39, 0.29) is 0 Å². The smallest absolute Gasteiger partial charge is 0.0534 e. The van der Waals surface area contributed by atoms with E-state index >= 15 is 0 Å². The Morgan fingerprint density at radius 3 is 2.59 bits per heavy atom. The monoisotopic (exact) mass is 233 g/mol. The van der Waals surface area contributed by atoms with E-state index in [1.807, 2.05) is 0 Å². The normalized spacial score (nSPS) is 12.6. The highest BCUT2D eigenvalue weighted by Gasteiger charge is 2.09. The molecule has 0 bridgehead atoms. The molecule has 95 valence electrons. The third kappa shape index (κ3) is 5.88. The van der Waals surface area contributed by atoms with Crippen LogP contribution in [0.5, 0.6) is 0 Å². The number of rotatable bonds is 9. The van der Waals surface area contributed by atoms with Crippen LogP contribution >= 0.6 is 0 Å². The van der Waals surface area contributed by atoms with E-state index in [1.165, 1.54) is 24.8 Å². The summed E-state index contributed by atoms with van der Waals surface area (Å²) in [6.07, 6.45) is 5.74. The SMILES string of the molecule is [CH2]CCCCOCC(CCC)c1ccccc1. The molecule has 0 amide bonds. The Hall–Kier alpha value is -0.820. The first-order valence-corrected chi connectivity index (χ1v) is 6.80. The highest BCUT2D eigenvalue weighted by Crippen LogP contribution is 2.21. The molecule has 1 heteroatoms. The first kappa shape index (κ1) is 14.2. The summed E-state index contributed by atoms with van der Waals surface area (Å²) in [6, 6.07) is 10.7. The van der Waals surface area contributed by atoms with E-state index in [0.29, 0.717) is 5.92 Å². The van der Waals surface area contributed by atoms with Gasteiger partial charge in [0.05, 0.1) is 6.61 Å². The van der Waals surface area contributed by atoms with Crippen LogP contribution in [-0.4, -0.2) is 13.2 Å². The molecule has 0 spiro atoms. The van der Waals surface area contributed by atoms with Crippen molar-refractivity contribution in [2.24, 2.45) is 0 Å². The molecule has 0 fully saturated rings. The van der Waals surface area contributed by atoms with Crippen molar-refractivity contribution >= 4 is 0 Å². The molecule has 1 radical (unpaired) electrons. The van der Waals surface area contributed by atoms with Gasteiger partial charge >= 0.3 is 0 Å². The van der Waals surface area contributed by atoms with Gasteiger partial charge in [-0.25, -0.2) is 0 Å². The lowest BCUT2D eigenvalue weighted by molar-refractivity contribution is 0.114. The van der Waals surface area contributed by atoms with Gasteiger partial charge in [0, 0.05) is 12.5 Å². The number of ether oxygens (including phenoxy) is 1. The molecule has 0 heterocycles. The highest BCUT2D eigenvalue weighted by atomic mass is 16.5. The maximum atomic E-state index is 5.78. The Bertz CT molecular complexity index is 268. The number of unbranched alkanes of at least 4 members (excludes halogenated alkanes) is 2. The molecule has 0 N–H and O–H groups in total. The molecule has 0 aliphatic heterocycles. The molecule has 1 nitrogen and oxygen atoms in total. The van der Waals surface area contributed by atoms with Crippen molar-refractivity contribution in [3.8, 4) is 0 Å². The molecule has 1 aromatic rings. The van der Waals surface area contributed by atoms with Crippen molar-refractivity contribution in [1.82, 2.24) is 0 Å². The fourth-order valence-corrected chi connectivity index (χ4v) is 2.03. The minimum Gasteiger partial charge on any atom is -0.381 e. The van der Waals surface area contributed by atoms with Crippen molar-refractivity contribution in [2.45, 2.75) is 44.9 Å². The van der Waals surface area contributed by atoms with Gasteiger partial charge in [-0.2, -0.15) is 0 Å². The summed E-state index contributed by atoms with van der Waals surface area (Å²) in [4.78, 5) is 0. The van der Waals surface area contributed by atoms with Crippen molar-refractivity contribution in [1.29, 1.82) is 0 Å². The van der Waals surface area contributed by atoms with Crippen molar-refractivity contribution in [3.63, 3.8) is 0 Å². The number of hydrogen-bond acceptors (Lipinski definition) is 1. The average Bonchev–Trinajstić information content (AvgIpc) is 2.38. The zero-order chi connectivity index (χ0) is 12.3. The molecular weight excluding hydrogens is 208 g/mol. The van der Waals surface area contributed by atoms with E-state index in [2.05, 4.69) is 44.2 Å². The molecule has 1 aromatic carbocycles. The largest absolute Gasteiger partial charge is 0.381 e. The number of benzene rings is 1. The van der Waals surface area contributed by atoms with Crippen LogP contribution in [0, 0.1) is 6.92 Å². The van der Waals surface area contributed by atoms with E-state index in [9.17, 15) is 0 Å². The van der Waals surface area contributed by atoms with Crippen molar-refractivity contribution in [3.05, 3.63) is 42.8 Å². The maximum Gasteiger partial charge on any atom is 0.0534 e. The van der Waals surface area contributed by atoms with E-state index in [0.717, 1.165) is 26.1 Å². The van der Waals surface area contributed by atoms with Crippen molar-refractivity contribution in [2.75, 3.05) is 13.2 Å². The first-order chi connectivity index (χ1) is 8.38. The van der Waals surface area contributed by atoms with Gasteiger partial charge in [-0.15, -0.1) is 0 Å². The second-order valence-corrected chi connectivity index (χ2v) is 4.53. The predicted molar refractivity (Wildman–Crippen MR) is 74.1 cm³/mol. The Kier molecular flexibility index (Phi) is 7.74. The van der Waals surface area contributed by atoms with Crippen LogP contribution in [0.15, 0.2) is 30.3 Å². The zero-order valence-electron chi connectivity index (χ0n) is 11.0. The molecule has 0 aliphatic carbocycles. The van der Waals surface area contributed by atoms with E-state index in [4.69, 9.17) is 4.74 Å². The lowest BCUT2D eigenvalue weighted by Gasteiger charge is -2.16. The first-order valence-electron chi connectivity index (χ1n) is 6.80. The van der Waals surface area contributed by atoms with Crippen LogP contribution in [0.4, 0.5) is 0 Å². The summed E-state index contributed by atoms with van der Waals surface area (Å²) in [5.41, 5.74) is 1.41. The van der Waals surface area contributed by atoms with Gasteiger partial charge in [0.15, 0.2) is 0 Å². The summed E-state index contributed by atoms with van der Waals surface area (Å²) in [6.45, 7) is 7.81. The summed E-state index contributed by atoms with van der Waals surface area (Å²) < 4.78 is 5.78. The second kappa shape index (κ2) is 9.23. The van der Waals surface area contributed by atoms with Gasteiger partial charge in [-0.05, 0) is 18.4 Å². The predicted octanol–water partition coefficient (Wildman–Crippen LogP) is 4.59. The lowest BCUT2D eigenvalue weighted by Crippen LogP contribution is -2.08. The Morgan fingerprint density at radius 2 is 1.94 bits per heavy atom. The van der Waals surface area contributed by atoms with Crippen LogP contribution in [-0.2, 0) is 4.74 Å². The highest BCUT2D eigenvalue weighted by molar-refractivity contribution is 5.19. The molecule has 1 atom stereocenters. The molecule has 0 aromatic heterocycles. The van der Waals surface area contributed by atoms with Crippen molar-refractivity contribution < 1.29 is 4.74 Å². The van der Waals surface area contributed by atoms with Gasteiger partial charge in [0.2, 0.25) is 0 Å². The molecule has 0 saturated heterocycles. The third-order valence-corrected chi connectivity index (χ3v) is 3.02. The second-order valence-electron chi connectivity index (χ2n) is 4.53. The minimum absolute atomic E-state index is 0.556. The van der Waals surface area contributed by atoms with Gasteiger partial charge in [-0.3, -0.25) is 0 Å². The van der Waals surface area contributed by atoms with Gasteiger partial charge in [0.1, 0.15) is 0 Å². The van der Waals surface area contributed by atoms with Crippen LogP contribution in [0.2, 0.25) is 0 Å². The minimum atomic E-state index is 0.556. The summed E-state index contributed by atoms with van der Waals surface area (Å²) in [5, 5.41) is 0. The molecule has 17 heavy (non-hydrogen) atoms. The zero-order valence-corrected chi connectivity index (χ0v) is 11.0. The lowest BCUT2D eigenvalue weighted by atomic mass is 9.95.